The Balaban J connectivity index is 2.28. The quantitative estimate of drug-likeness (QED) is 0.852. The molecule has 4 nitrogen and oxygen atoms in total. The minimum Gasteiger partial charge on any atom is -0.375 e. The van der Waals surface area contributed by atoms with Crippen molar-refractivity contribution in [3.05, 3.63) is 10.6 Å². The van der Waals surface area contributed by atoms with Gasteiger partial charge in [-0.05, 0) is 37.9 Å². The zero-order valence-corrected chi connectivity index (χ0v) is 12.3. The second kappa shape index (κ2) is 5.53. The van der Waals surface area contributed by atoms with E-state index in [2.05, 4.69) is 35.5 Å². The third-order valence-corrected chi connectivity index (χ3v) is 4.50. The molecule has 0 aliphatic carbocycles. The van der Waals surface area contributed by atoms with Crippen LogP contribution in [0.2, 0.25) is 0 Å². The maximum absolute atomic E-state index is 6.03. The predicted molar refractivity (Wildman–Crippen MR) is 74.3 cm³/mol. The first-order valence-electron chi connectivity index (χ1n) is 6.95. The highest BCUT2D eigenvalue weighted by Crippen LogP contribution is 2.37. The smallest absolute Gasteiger partial charge is 0.195 e. The number of ether oxygens (including phenoxy) is 1. The van der Waals surface area contributed by atoms with Crippen LogP contribution in [-0.2, 0) is 11.2 Å². The van der Waals surface area contributed by atoms with E-state index in [1.54, 1.807) is 0 Å². The number of H-pyrrole nitrogens is 1. The minimum atomic E-state index is 0.0277. The van der Waals surface area contributed by atoms with Crippen molar-refractivity contribution in [2.75, 3.05) is 6.61 Å². The molecule has 102 valence electrons. The van der Waals surface area contributed by atoms with Crippen molar-refractivity contribution in [3.8, 4) is 0 Å². The lowest BCUT2D eigenvalue weighted by Crippen LogP contribution is -2.39. The van der Waals surface area contributed by atoms with Gasteiger partial charge in [-0.3, -0.25) is 5.10 Å². The molecular weight excluding hydrogens is 246 g/mol. The maximum atomic E-state index is 6.03. The molecule has 0 saturated carbocycles. The molecule has 0 bridgehead atoms. The third kappa shape index (κ3) is 2.38. The number of hydrogen-bond donors (Lipinski definition) is 1. The molecule has 0 aromatic carbocycles. The summed E-state index contributed by atoms with van der Waals surface area (Å²) in [7, 11) is 0. The number of hydrogen-bond acceptors (Lipinski definition) is 3. The van der Waals surface area contributed by atoms with Gasteiger partial charge in [0.15, 0.2) is 4.77 Å². The van der Waals surface area contributed by atoms with Crippen LogP contribution in [0.3, 0.4) is 0 Å². The molecule has 1 aliphatic heterocycles. The molecular formula is C13H23N3OS. The third-order valence-electron chi connectivity index (χ3n) is 4.21. The lowest BCUT2D eigenvalue weighted by molar-refractivity contribution is -0.0991. The van der Waals surface area contributed by atoms with Gasteiger partial charge in [0.2, 0.25) is 0 Å². The van der Waals surface area contributed by atoms with E-state index in [-0.39, 0.29) is 5.60 Å². The average molecular weight is 269 g/mol. The van der Waals surface area contributed by atoms with E-state index in [9.17, 15) is 0 Å². The Labute approximate surface area is 114 Å². The lowest BCUT2D eigenvalue weighted by Gasteiger charge is -2.40. The molecule has 1 atom stereocenters. The van der Waals surface area contributed by atoms with Crippen LogP contribution < -0.4 is 0 Å². The van der Waals surface area contributed by atoms with Gasteiger partial charge < -0.3 is 9.30 Å². The Morgan fingerprint density at radius 3 is 2.78 bits per heavy atom. The summed E-state index contributed by atoms with van der Waals surface area (Å²) in [6.45, 7) is 7.36. The van der Waals surface area contributed by atoms with E-state index in [1.807, 2.05) is 0 Å². The van der Waals surface area contributed by atoms with E-state index in [4.69, 9.17) is 17.0 Å². The van der Waals surface area contributed by atoms with Crippen molar-refractivity contribution >= 4 is 12.2 Å². The van der Waals surface area contributed by atoms with Gasteiger partial charge in [0.05, 0.1) is 5.60 Å². The molecule has 0 spiro atoms. The second-order valence-corrected chi connectivity index (χ2v) is 5.44. The van der Waals surface area contributed by atoms with Crippen molar-refractivity contribution < 1.29 is 4.74 Å². The van der Waals surface area contributed by atoms with Gasteiger partial charge in [-0.1, -0.05) is 20.8 Å². The van der Waals surface area contributed by atoms with Crippen LogP contribution in [0.1, 0.15) is 58.3 Å². The van der Waals surface area contributed by atoms with Gasteiger partial charge in [0.25, 0.3) is 0 Å². The van der Waals surface area contributed by atoms with E-state index in [0.29, 0.717) is 6.04 Å². The van der Waals surface area contributed by atoms with Crippen LogP contribution in [-0.4, -0.2) is 27.0 Å². The molecule has 18 heavy (non-hydrogen) atoms. The molecule has 1 aromatic rings. The van der Waals surface area contributed by atoms with Gasteiger partial charge in [-0.15, -0.1) is 0 Å². The number of nitrogens with zero attached hydrogens (tertiary/aromatic N) is 2. The Bertz CT molecular complexity index is 447. The summed E-state index contributed by atoms with van der Waals surface area (Å²) in [5, 5.41) is 7.24. The van der Waals surface area contributed by atoms with E-state index in [1.165, 1.54) is 0 Å². The van der Waals surface area contributed by atoms with E-state index < -0.39 is 0 Å². The zero-order valence-electron chi connectivity index (χ0n) is 11.5. The molecule has 1 aliphatic rings. The topological polar surface area (TPSA) is 42.8 Å². The standard InChI is InChI=1S/C13H23N3OS/c1-4-11-14-15-12(18)16(11)10-7-8-17-13(5-2,6-3)9-10/h10H,4-9H2,1-3H3,(H,15,18). The van der Waals surface area contributed by atoms with Crippen LogP contribution in [0.25, 0.3) is 0 Å². The summed E-state index contributed by atoms with van der Waals surface area (Å²) >= 11 is 5.37. The first-order chi connectivity index (χ1) is 8.65. The van der Waals surface area contributed by atoms with Crippen molar-refractivity contribution in [2.24, 2.45) is 0 Å². The average Bonchev–Trinajstić information content (AvgIpc) is 2.79. The van der Waals surface area contributed by atoms with Gasteiger partial charge in [-0.25, -0.2) is 0 Å². The van der Waals surface area contributed by atoms with Crippen LogP contribution in [0.5, 0.6) is 0 Å². The predicted octanol–water partition coefficient (Wildman–Crippen LogP) is 3.41. The van der Waals surface area contributed by atoms with Crippen molar-refractivity contribution in [3.63, 3.8) is 0 Å². The molecule has 1 fully saturated rings. The summed E-state index contributed by atoms with van der Waals surface area (Å²) in [4.78, 5) is 0. The summed E-state index contributed by atoms with van der Waals surface area (Å²) in [5.74, 6) is 1.06. The number of aromatic amines is 1. The molecule has 1 saturated heterocycles. The fraction of sp³-hybridized carbons (Fsp3) is 0.846. The molecule has 2 rings (SSSR count). The van der Waals surface area contributed by atoms with Crippen LogP contribution in [0.4, 0.5) is 0 Å². The Kier molecular flexibility index (Phi) is 4.22. The molecule has 0 amide bonds. The number of aryl methyl sites for hydroxylation is 1. The summed E-state index contributed by atoms with van der Waals surface area (Å²) < 4.78 is 8.98. The highest BCUT2D eigenvalue weighted by Gasteiger charge is 2.36. The summed E-state index contributed by atoms with van der Waals surface area (Å²) in [6, 6.07) is 0.430. The van der Waals surface area contributed by atoms with Crippen molar-refractivity contribution in [2.45, 2.75) is 64.5 Å². The highest BCUT2D eigenvalue weighted by molar-refractivity contribution is 7.71. The van der Waals surface area contributed by atoms with Gasteiger partial charge >= 0.3 is 0 Å². The van der Waals surface area contributed by atoms with Crippen molar-refractivity contribution in [1.29, 1.82) is 0 Å². The van der Waals surface area contributed by atoms with Crippen LogP contribution >= 0.6 is 12.2 Å². The largest absolute Gasteiger partial charge is 0.375 e. The second-order valence-electron chi connectivity index (χ2n) is 5.05. The Hall–Kier alpha value is -0.680. The lowest BCUT2D eigenvalue weighted by atomic mass is 9.86. The molecule has 1 N–H and O–H groups in total. The molecule has 5 heteroatoms. The highest BCUT2D eigenvalue weighted by atomic mass is 32.1. The molecule has 1 unspecified atom stereocenters. The van der Waals surface area contributed by atoms with Crippen LogP contribution in [0, 0.1) is 4.77 Å². The Morgan fingerprint density at radius 2 is 2.17 bits per heavy atom. The first kappa shape index (κ1) is 13.7. The summed E-state index contributed by atoms with van der Waals surface area (Å²) in [6.07, 6.45) is 5.11. The van der Waals surface area contributed by atoms with Gasteiger partial charge in [0, 0.05) is 19.1 Å². The Morgan fingerprint density at radius 1 is 1.44 bits per heavy atom. The van der Waals surface area contributed by atoms with E-state index >= 15 is 0 Å². The zero-order chi connectivity index (χ0) is 13.2. The molecule has 1 aromatic heterocycles. The fourth-order valence-electron chi connectivity index (χ4n) is 2.93. The van der Waals surface area contributed by atoms with E-state index in [0.717, 1.165) is 49.3 Å². The normalized spacial score (nSPS) is 23.2. The van der Waals surface area contributed by atoms with Gasteiger partial charge in [0.1, 0.15) is 5.82 Å². The monoisotopic (exact) mass is 269 g/mol. The van der Waals surface area contributed by atoms with Crippen molar-refractivity contribution in [1.82, 2.24) is 14.8 Å². The fourth-order valence-corrected chi connectivity index (χ4v) is 3.23. The molecule has 0 radical (unpaired) electrons. The van der Waals surface area contributed by atoms with Gasteiger partial charge in [-0.2, -0.15) is 5.10 Å². The van der Waals surface area contributed by atoms with Crippen LogP contribution in [0.15, 0.2) is 0 Å². The summed E-state index contributed by atoms with van der Waals surface area (Å²) in [5.41, 5.74) is 0.0277. The first-order valence-corrected chi connectivity index (χ1v) is 7.36. The minimum absolute atomic E-state index is 0.0277. The number of nitrogens with one attached hydrogen (secondary N) is 1. The number of aromatic nitrogens is 3. The molecule has 2 heterocycles. The maximum Gasteiger partial charge on any atom is 0.195 e. The SMILES string of the molecule is CCc1n[nH]c(=S)n1C1CCOC(CC)(CC)C1. The number of rotatable bonds is 4.